The molecule has 0 aliphatic carbocycles. The van der Waals surface area contributed by atoms with Crippen molar-refractivity contribution >= 4 is 74.7 Å². The van der Waals surface area contributed by atoms with Crippen LogP contribution in [0.1, 0.15) is 16.7 Å². The summed E-state index contributed by atoms with van der Waals surface area (Å²) in [4.78, 5) is 51.3. The number of thioether (sulfide) groups is 1. The summed E-state index contributed by atoms with van der Waals surface area (Å²) in [5, 5.41) is 2.69. The molecule has 1 aromatic heterocycles. The summed E-state index contributed by atoms with van der Waals surface area (Å²) in [7, 11) is 0. The highest BCUT2D eigenvalue weighted by atomic mass is 35.5. The molecule has 1 aliphatic rings. The second kappa shape index (κ2) is 9.05. The highest BCUT2D eigenvalue weighted by Gasteiger charge is 2.36. The maximum Gasteiger partial charge on any atom is 0.294 e. The molecule has 2 heterocycles. The van der Waals surface area contributed by atoms with Gasteiger partial charge in [0, 0.05) is 10.7 Å². The summed E-state index contributed by atoms with van der Waals surface area (Å²) in [5.74, 6) is -1.19. The number of rotatable bonds is 4. The number of hydrogen-bond acceptors (Lipinski definition) is 6. The maximum atomic E-state index is 12.8. The summed E-state index contributed by atoms with van der Waals surface area (Å²) >= 11 is 12.7. The SMILES string of the molecule is Cc1ccc(C)c(NC(=O)CN2C(=O)S/C(=C\c3coc4c(Cl)cc(Cl)cc4c3=O)C2=O)c1. The third-order valence-electron chi connectivity index (χ3n) is 4.95. The Bertz CT molecular complexity index is 1430. The molecule has 0 unspecified atom stereocenters. The van der Waals surface area contributed by atoms with Gasteiger partial charge in [-0.25, -0.2) is 0 Å². The van der Waals surface area contributed by atoms with Crippen LogP contribution in [0.4, 0.5) is 10.5 Å². The fourth-order valence-electron chi connectivity index (χ4n) is 3.26. The number of imide groups is 1. The van der Waals surface area contributed by atoms with Gasteiger partial charge >= 0.3 is 0 Å². The average molecular weight is 503 g/mol. The van der Waals surface area contributed by atoms with Crippen LogP contribution in [0.25, 0.3) is 17.0 Å². The normalized spacial score (nSPS) is 15.0. The number of nitrogens with zero attached hydrogens (tertiary/aromatic N) is 1. The number of aryl methyl sites for hydroxylation is 2. The minimum Gasteiger partial charge on any atom is -0.462 e. The van der Waals surface area contributed by atoms with Gasteiger partial charge in [-0.1, -0.05) is 35.3 Å². The van der Waals surface area contributed by atoms with Gasteiger partial charge in [0.05, 0.1) is 20.9 Å². The zero-order chi connectivity index (χ0) is 23.9. The van der Waals surface area contributed by atoms with Crippen LogP contribution < -0.4 is 10.7 Å². The third-order valence-corrected chi connectivity index (χ3v) is 6.35. The lowest BCUT2D eigenvalue weighted by Gasteiger charge is -2.14. The van der Waals surface area contributed by atoms with E-state index >= 15 is 0 Å². The van der Waals surface area contributed by atoms with Crippen LogP contribution in [0.2, 0.25) is 10.0 Å². The van der Waals surface area contributed by atoms with Gasteiger partial charge < -0.3 is 9.73 Å². The number of fused-ring (bicyclic) bond motifs is 1. The van der Waals surface area contributed by atoms with Crippen LogP contribution in [-0.2, 0) is 9.59 Å². The highest BCUT2D eigenvalue weighted by molar-refractivity contribution is 8.18. The Morgan fingerprint density at radius 1 is 1.15 bits per heavy atom. The van der Waals surface area contributed by atoms with Crippen molar-refractivity contribution in [3.8, 4) is 0 Å². The smallest absolute Gasteiger partial charge is 0.294 e. The molecular formula is C23H16Cl2N2O5S. The fraction of sp³-hybridized carbons (Fsp3) is 0.130. The van der Waals surface area contributed by atoms with E-state index < -0.39 is 29.0 Å². The lowest BCUT2D eigenvalue weighted by atomic mass is 10.1. The fourth-order valence-corrected chi connectivity index (χ4v) is 4.63. The number of carbonyl (C=O) groups is 3. The van der Waals surface area contributed by atoms with E-state index in [4.69, 9.17) is 27.6 Å². The average Bonchev–Trinajstić information content (AvgIpc) is 3.00. The second-order valence-corrected chi connectivity index (χ2v) is 9.26. The monoisotopic (exact) mass is 502 g/mol. The molecule has 1 aliphatic heterocycles. The molecule has 1 N–H and O–H groups in total. The van der Waals surface area contributed by atoms with Crippen LogP contribution in [0.3, 0.4) is 0 Å². The zero-order valence-electron chi connectivity index (χ0n) is 17.4. The number of hydrogen-bond donors (Lipinski definition) is 1. The molecule has 0 saturated carbocycles. The molecule has 0 atom stereocenters. The van der Waals surface area contributed by atoms with Gasteiger partial charge in [-0.05, 0) is 61.0 Å². The molecule has 4 rings (SSSR count). The predicted molar refractivity (Wildman–Crippen MR) is 130 cm³/mol. The lowest BCUT2D eigenvalue weighted by Crippen LogP contribution is -2.36. The van der Waals surface area contributed by atoms with E-state index in [-0.39, 0.29) is 31.5 Å². The lowest BCUT2D eigenvalue weighted by molar-refractivity contribution is -0.127. The maximum absolute atomic E-state index is 12.8. The molecule has 0 bridgehead atoms. The van der Waals surface area contributed by atoms with Crippen molar-refractivity contribution in [2.24, 2.45) is 0 Å². The number of benzene rings is 2. The molecule has 0 spiro atoms. The summed E-state index contributed by atoms with van der Waals surface area (Å²) < 4.78 is 5.44. The van der Waals surface area contributed by atoms with Crippen molar-refractivity contribution in [2.45, 2.75) is 13.8 Å². The van der Waals surface area contributed by atoms with E-state index in [9.17, 15) is 19.2 Å². The molecule has 2 aromatic carbocycles. The second-order valence-electron chi connectivity index (χ2n) is 7.42. The van der Waals surface area contributed by atoms with Gasteiger partial charge in [-0.3, -0.25) is 24.1 Å². The van der Waals surface area contributed by atoms with Gasteiger partial charge in [0.1, 0.15) is 12.8 Å². The van der Waals surface area contributed by atoms with Crippen LogP contribution >= 0.6 is 35.0 Å². The zero-order valence-corrected chi connectivity index (χ0v) is 19.7. The Morgan fingerprint density at radius 3 is 2.67 bits per heavy atom. The van der Waals surface area contributed by atoms with Crippen LogP contribution in [0, 0.1) is 13.8 Å². The molecular weight excluding hydrogens is 487 g/mol. The summed E-state index contributed by atoms with van der Waals surface area (Å²) in [6, 6.07) is 8.44. The predicted octanol–water partition coefficient (Wildman–Crippen LogP) is 5.39. The number of carbonyl (C=O) groups excluding carboxylic acids is 3. The van der Waals surface area contributed by atoms with Gasteiger partial charge in [0.15, 0.2) is 11.0 Å². The minimum absolute atomic E-state index is 0.000638. The highest BCUT2D eigenvalue weighted by Crippen LogP contribution is 2.33. The van der Waals surface area contributed by atoms with Gasteiger partial charge in [-0.15, -0.1) is 0 Å². The van der Waals surface area contributed by atoms with E-state index in [0.29, 0.717) is 17.4 Å². The van der Waals surface area contributed by atoms with E-state index in [1.807, 2.05) is 26.0 Å². The van der Waals surface area contributed by atoms with Gasteiger partial charge in [0.25, 0.3) is 11.1 Å². The van der Waals surface area contributed by atoms with Crippen molar-refractivity contribution in [3.63, 3.8) is 0 Å². The van der Waals surface area contributed by atoms with Crippen molar-refractivity contribution in [1.82, 2.24) is 4.90 Å². The van der Waals surface area contributed by atoms with Crippen molar-refractivity contribution in [3.05, 3.63) is 78.5 Å². The van der Waals surface area contributed by atoms with E-state index in [2.05, 4.69) is 5.32 Å². The first-order chi connectivity index (χ1) is 15.6. The molecule has 0 radical (unpaired) electrons. The molecule has 10 heteroatoms. The van der Waals surface area contributed by atoms with E-state index in [0.717, 1.165) is 22.3 Å². The summed E-state index contributed by atoms with van der Waals surface area (Å²) in [5.41, 5.74) is 2.17. The quantitative estimate of drug-likeness (QED) is 0.480. The van der Waals surface area contributed by atoms with Crippen LogP contribution in [-0.4, -0.2) is 28.5 Å². The van der Waals surface area contributed by atoms with Gasteiger partial charge in [-0.2, -0.15) is 0 Å². The van der Waals surface area contributed by atoms with Crippen LogP contribution in [0.5, 0.6) is 0 Å². The summed E-state index contributed by atoms with van der Waals surface area (Å²) in [6.07, 6.45) is 2.42. The van der Waals surface area contributed by atoms with E-state index in [1.165, 1.54) is 18.2 Å². The topological polar surface area (TPSA) is 96.7 Å². The minimum atomic E-state index is -0.676. The number of amides is 3. The molecule has 3 amide bonds. The number of halogens is 2. The van der Waals surface area contributed by atoms with Crippen LogP contribution in [0.15, 0.2) is 50.7 Å². The number of nitrogens with one attached hydrogen (secondary N) is 1. The Balaban J connectivity index is 1.57. The molecule has 1 fully saturated rings. The van der Waals surface area contributed by atoms with Gasteiger partial charge in [0.2, 0.25) is 5.91 Å². The standard InChI is InChI=1S/C23H16Cl2N2O5S/c1-11-3-4-12(2)17(5-11)26-19(28)9-27-22(30)18(33-23(27)31)6-13-10-32-21-15(20(13)29)7-14(24)8-16(21)25/h3-8,10H,9H2,1-2H3,(H,26,28)/b18-6-. The van der Waals surface area contributed by atoms with E-state index in [1.54, 1.807) is 6.07 Å². The Labute approximate surface area is 202 Å². The molecule has 7 nitrogen and oxygen atoms in total. The largest absolute Gasteiger partial charge is 0.462 e. The Kier molecular flexibility index (Phi) is 6.34. The first-order valence-electron chi connectivity index (χ1n) is 9.67. The first-order valence-corrected chi connectivity index (χ1v) is 11.2. The van der Waals surface area contributed by atoms with Crippen molar-refractivity contribution in [1.29, 1.82) is 0 Å². The van der Waals surface area contributed by atoms with Crippen molar-refractivity contribution in [2.75, 3.05) is 11.9 Å². The molecule has 1 saturated heterocycles. The third kappa shape index (κ3) is 4.68. The summed E-state index contributed by atoms with van der Waals surface area (Å²) in [6.45, 7) is 3.28. The van der Waals surface area contributed by atoms with Crippen molar-refractivity contribution < 1.29 is 18.8 Å². The Hall–Kier alpha value is -3.07. The Morgan fingerprint density at radius 2 is 1.91 bits per heavy atom. The first kappa shape index (κ1) is 23.1. The number of anilines is 1. The molecule has 168 valence electrons. The molecule has 33 heavy (non-hydrogen) atoms. The molecule has 3 aromatic rings.